The fourth-order valence-electron chi connectivity index (χ4n) is 1.94. The van der Waals surface area contributed by atoms with Crippen molar-refractivity contribution in [2.75, 3.05) is 32.5 Å². The number of carbonyl (C=O) groups is 1. The Bertz CT molecular complexity index is 662. The lowest BCUT2D eigenvalue weighted by molar-refractivity contribution is 0.0947. The zero-order valence-corrected chi connectivity index (χ0v) is 14.8. The molecule has 0 saturated heterocycles. The second-order valence-corrected chi connectivity index (χ2v) is 6.16. The van der Waals surface area contributed by atoms with E-state index < -0.39 is 0 Å². The van der Waals surface area contributed by atoms with Gasteiger partial charge in [0.15, 0.2) is 0 Å². The summed E-state index contributed by atoms with van der Waals surface area (Å²) in [6.07, 6.45) is 2.28. The molecule has 2 aromatic rings. The van der Waals surface area contributed by atoms with Gasteiger partial charge in [0, 0.05) is 17.1 Å². The number of rotatable bonds is 7. The molecule has 1 heterocycles. The standard InChI is InChI=1S/C16H20BrN5O/c1-22(2)9-5-8-18-16(23)14-10-15(20-11-19-14)21-13-7-4-3-6-12(13)17/h3-4,6-7,10-11H,5,8-9H2,1-2H3,(H,18,23)(H,19,20,21). The summed E-state index contributed by atoms with van der Waals surface area (Å²) >= 11 is 3.47. The number of hydrogen-bond donors (Lipinski definition) is 2. The van der Waals surface area contributed by atoms with Gasteiger partial charge in [0.1, 0.15) is 17.8 Å². The van der Waals surface area contributed by atoms with Crippen LogP contribution in [0.5, 0.6) is 0 Å². The smallest absolute Gasteiger partial charge is 0.270 e. The first kappa shape index (κ1) is 17.4. The molecule has 0 spiro atoms. The van der Waals surface area contributed by atoms with E-state index in [9.17, 15) is 4.79 Å². The molecule has 0 radical (unpaired) electrons. The fourth-order valence-corrected chi connectivity index (χ4v) is 2.32. The number of carbonyl (C=O) groups excluding carboxylic acids is 1. The van der Waals surface area contributed by atoms with Gasteiger partial charge in [-0.25, -0.2) is 9.97 Å². The van der Waals surface area contributed by atoms with Crippen molar-refractivity contribution in [3.63, 3.8) is 0 Å². The number of anilines is 2. The van der Waals surface area contributed by atoms with E-state index in [0.717, 1.165) is 23.1 Å². The summed E-state index contributed by atoms with van der Waals surface area (Å²) in [7, 11) is 4.01. The number of para-hydroxylation sites is 1. The Balaban J connectivity index is 1.96. The van der Waals surface area contributed by atoms with Gasteiger partial charge in [-0.3, -0.25) is 4.79 Å². The van der Waals surface area contributed by atoms with E-state index >= 15 is 0 Å². The van der Waals surface area contributed by atoms with Crippen molar-refractivity contribution in [3.8, 4) is 0 Å². The predicted octanol–water partition coefficient (Wildman–Crippen LogP) is 2.66. The SMILES string of the molecule is CN(C)CCCNC(=O)c1cc(Nc2ccccc2Br)ncn1. The van der Waals surface area contributed by atoms with Gasteiger partial charge < -0.3 is 15.5 Å². The Kier molecular flexibility index (Phi) is 6.49. The lowest BCUT2D eigenvalue weighted by Crippen LogP contribution is -2.27. The van der Waals surface area contributed by atoms with Gasteiger partial charge in [-0.05, 0) is 55.1 Å². The first-order chi connectivity index (χ1) is 11.1. The number of aromatic nitrogens is 2. The molecular formula is C16H20BrN5O. The number of benzene rings is 1. The summed E-state index contributed by atoms with van der Waals surface area (Å²) < 4.78 is 0.924. The third kappa shape index (κ3) is 5.61. The Labute approximate surface area is 144 Å². The van der Waals surface area contributed by atoms with Gasteiger partial charge in [0.25, 0.3) is 5.91 Å². The van der Waals surface area contributed by atoms with Crippen LogP contribution in [0.1, 0.15) is 16.9 Å². The summed E-state index contributed by atoms with van der Waals surface area (Å²) in [6.45, 7) is 1.55. The number of halogens is 1. The van der Waals surface area contributed by atoms with Crippen LogP contribution < -0.4 is 10.6 Å². The summed E-state index contributed by atoms with van der Waals surface area (Å²) in [4.78, 5) is 22.4. The summed E-state index contributed by atoms with van der Waals surface area (Å²) in [5.41, 5.74) is 1.22. The predicted molar refractivity (Wildman–Crippen MR) is 95.0 cm³/mol. The van der Waals surface area contributed by atoms with Crippen molar-refractivity contribution in [2.24, 2.45) is 0 Å². The van der Waals surface area contributed by atoms with E-state index in [0.29, 0.717) is 18.1 Å². The van der Waals surface area contributed by atoms with E-state index in [1.54, 1.807) is 6.07 Å². The van der Waals surface area contributed by atoms with Crippen molar-refractivity contribution in [1.82, 2.24) is 20.2 Å². The van der Waals surface area contributed by atoms with Crippen LogP contribution in [0.2, 0.25) is 0 Å². The third-order valence-electron chi connectivity index (χ3n) is 3.10. The molecule has 0 bridgehead atoms. The van der Waals surface area contributed by atoms with Gasteiger partial charge >= 0.3 is 0 Å². The molecule has 6 nitrogen and oxygen atoms in total. The van der Waals surface area contributed by atoms with Crippen LogP contribution in [0.15, 0.2) is 41.1 Å². The number of hydrogen-bond acceptors (Lipinski definition) is 5. The Morgan fingerprint density at radius 2 is 2.04 bits per heavy atom. The largest absolute Gasteiger partial charge is 0.351 e. The highest BCUT2D eigenvalue weighted by molar-refractivity contribution is 9.10. The van der Waals surface area contributed by atoms with E-state index in [1.165, 1.54) is 6.33 Å². The van der Waals surface area contributed by atoms with Gasteiger partial charge in [-0.2, -0.15) is 0 Å². The maximum absolute atomic E-state index is 12.1. The molecule has 1 amide bonds. The second-order valence-electron chi connectivity index (χ2n) is 5.31. The van der Waals surface area contributed by atoms with Crippen molar-refractivity contribution in [3.05, 3.63) is 46.8 Å². The average molecular weight is 378 g/mol. The minimum Gasteiger partial charge on any atom is -0.351 e. The van der Waals surface area contributed by atoms with Crippen molar-refractivity contribution < 1.29 is 4.79 Å². The van der Waals surface area contributed by atoms with Gasteiger partial charge in [0.2, 0.25) is 0 Å². The molecule has 0 unspecified atom stereocenters. The topological polar surface area (TPSA) is 70.2 Å². The minimum absolute atomic E-state index is 0.193. The Hall–Kier alpha value is -1.99. The van der Waals surface area contributed by atoms with Crippen LogP contribution in [0, 0.1) is 0 Å². The molecule has 1 aromatic heterocycles. The zero-order valence-electron chi connectivity index (χ0n) is 13.2. The van der Waals surface area contributed by atoms with E-state index in [1.807, 2.05) is 38.4 Å². The quantitative estimate of drug-likeness (QED) is 0.725. The molecular weight excluding hydrogens is 358 g/mol. The summed E-state index contributed by atoms with van der Waals surface area (Å²) in [5.74, 6) is 0.381. The molecule has 0 aliphatic carbocycles. The molecule has 0 aliphatic rings. The van der Waals surface area contributed by atoms with Gasteiger partial charge in [-0.1, -0.05) is 12.1 Å². The van der Waals surface area contributed by atoms with Crippen LogP contribution in [0.25, 0.3) is 0 Å². The maximum atomic E-state index is 12.1. The highest BCUT2D eigenvalue weighted by Crippen LogP contribution is 2.24. The Morgan fingerprint density at radius 3 is 2.78 bits per heavy atom. The molecule has 1 aromatic carbocycles. The van der Waals surface area contributed by atoms with E-state index in [2.05, 4.69) is 41.4 Å². The maximum Gasteiger partial charge on any atom is 0.270 e. The first-order valence-corrected chi connectivity index (χ1v) is 8.12. The monoisotopic (exact) mass is 377 g/mol. The second kappa shape index (κ2) is 8.59. The molecule has 122 valence electrons. The third-order valence-corrected chi connectivity index (χ3v) is 3.80. The van der Waals surface area contributed by atoms with Crippen molar-refractivity contribution in [1.29, 1.82) is 0 Å². The molecule has 7 heteroatoms. The molecule has 0 aliphatic heterocycles. The normalized spacial score (nSPS) is 10.6. The molecule has 2 rings (SSSR count). The number of nitrogens with one attached hydrogen (secondary N) is 2. The highest BCUT2D eigenvalue weighted by Gasteiger charge is 2.09. The van der Waals surface area contributed by atoms with Crippen LogP contribution in [0.3, 0.4) is 0 Å². The van der Waals surface area contributed by atoms with Crippen LogP contribution in [0.4, 0.5) is 11.5 Å². The van der Waals surface area contributed by atoms with E-state index in [-0.39, 0.29) is 5.91 Å². The number of nitrogens with zero attached hydrogens (tertiary/aromatic N) is 3. The molecule has 2 N–H and O–H groups in total. The number of amides is 1. The van der Waals surface area contributed by atoms with E-state index in [4.69, 9.17) is 0 Å². The van der Waals surface area contributed by atoms with Crippen LogP contribution in [-0.2, 0) is 0 Å². The first-order valence-electron chi connectivity index (χ1n) is 7.33. The Morgan fingerprint density at radius 1 is 1.26 bits per heavy atom. The summed E-state index contributed by atoms with van der Waals surface area (Å²) in [5, 5.41) is 6.03. The van der Waals surface area contributed by atoms with Crippen LogP contribution in [-0.4, -0.2) is 48.0 Å². The lowest BCUT2D eigenvalue weighted by Gasteiger charge is -2.10. The van der Waals surface area contributed by atoms with Crippen molar-refractivity contribution in [2.45, 2.75) is 6.42 Å². The highest BCUT2D eigenvalue weighted by atomic mass is 79.9. The van der Waals surface area contributed by atoms with Crippen molar-refractivity contribution >= 4 is 33.3 Å². The molecule has 0 atom stereocenters. The fraction of sp³-hybridized carbons (Fsp3) is 0.312. The summed E-state index contributed by atoms with van der Waals surface area (Å²) in [6, 6.07) is 9.35. The molecule has 23 heavy (non-hydrogen) atoms. The van der Waals surface area contributed by atoms with Gasteiger partial charge in [0.05, 0.1) is 5.69 Å². The zero-order chi connectivity index (χ0) is 16.7. The average Bonchev–Trinajstić information content (AvgIpc) is 2.54. The lowest BCUT2D eigenvalue weighted by atomic mass is 10.3. The van der Waals surface area contributed by atoms with Crippen LogP contribution >= 0.6 is 15.9 Å². The molecule has 0 saturated carbocycles. The van der Waals surface area contributed by atoms with Gasteiger partial charge in [-0.15, -0.1) is 0 Å². The minimum atomic E-state index is -0.193. The molecule has 0 fully saturated rings.